The van der Waals surface area contributed by atoms with Gasteiger partial charge in [-0.1, -0.05) is 19.8 Å². The molecule has 0 saturated carbocycles. The topological polar surface area (TPSA) is 169 Å². The molecular formula is C32H36N5O8+. The summed E-state index contributed by atoms with van der Waals surface area (Å²) in [5, 5.41) is 23.6. The number of cyclic esters (lactones) is 1. The Morgan fingerprint density at radius 1 is 1.22 bits per heavy atom. The first-order valence-corrected chi connectivity index (χ1v) is 15.3. The molecule has 5 heterocycles. The van der Waals surface area contributed by atoms with Crippen molar-refractivity contribution in [1.29, 1.82) is 0 Å². The monoisotopic (exact) mass is 618 g/mol. The van der Waals surface area contributed by atoms with Gasteiger partial charge in [0.15, 0.2) is 5.60 Å². The van der Waals surface area contributed by atoms with E-state index in [1.54, 1.807) is 24.7 Å². The molecule has 1 aromatic carbocycles. The highest BCUT2D eigenvalue weighted by Gasteiger charge is 2.45. The van der Waals surface area contributed by atoms with Crippen LogP contribution in [0.25, 0.3) is 22.3 Å². The van der Waals surface area contributed by atoms with E-state index in [0.29, 0.717) is 23.7 Å². The summed E-state index contributed by atoms with van der Waals surface area (Å²) in [7, 11) is 1.61. The number of aliphatic hydroxyl groups is 1. The largest absolute Gasteiger partial charge is 0.497 e. The zero-order valence-corrected chi connectivity index (χ0v) is 25.2. The smallest absolute Gasteiger partial charge is 0.343 e. The number of methoxy groups -OCH3 is 1. The molecule has 0 amide bonds. The molecule has 4 aliphatic rings. The van der Waals surface area contributed by atoms with Crippen LogP contribution in [0.2, 0.25) is 0 Å². The highest BCUT2D eigenvalue weighted by Crippen LogP contribution is 2.41. The van der Waals surface area contributed by atoms with Gasteiger partial charge in [0.05, 0.1) is 48.4 Å². The average molecular weight is 619 g/mol. The molecule has 2 atom stereocenters. The number of carbonyl (C=O) groups is 2. The number of allylic oxidation sites excluding steroid dienone is 1. The molecule has 45 heavy (non-hydrogen) atoms. The number of aromatic nitrogens is 2. The van der Waals surface area contributed by atoms with Crippen molar-refractivity contribution in [3.8, 4) is 17.1 Å². The van der Waals surface area contributed by atoms with E-state index in [1.165, 1.54) is 0 Å². The summed E-state index contributed by atoms with van der Waals surface area (Å²) in [4.78, 5) is 42.8. The molecule has 1 aliphatic carbocycles. The number of carboxylic acid groups (broad SMARTS) is 1. The molecular weight excluding hydrogens is 582 g/mol. The zero-order valence-electron chi connectivity index (χ0n) is 25.2. The Labute approximate surface area is 258 Å². The van der Waals surface area contributed by atoms with E-state index in [2.05, 4.69) is 10.4 Å². The van der Waals surface area contributed by atoms with Crippen LogP contribution in [0.15, 0.2) is 40.5 Å². The Morgan fingerprint density at radius 3 is 2.84 bits per heavy atom. The van der Waals surface area contributed by atoms with Crippen molar-refractivity contribution in [1.82, 2.24) is 20.0 Å². The van der Waals surface area contributed by atoms with E-state index in [9.17, 15) is 24.6 Å². The molecule has 7 rings (SSSR count). The van der Waals surface area contributed by atoms with Crippen LogP contribution in [0, 0.1) is 0 Å². The van der Waals surface area contributed by atoms with Crippen molar-refractivity contribution < 1.29 is 39.5 Å². The third kappa shape index (κ3) is 4.73. The minimum Gasteiger partial charge on any atom is -0.497 e. The van der Waals surface area contributed by atoms with E-state index in [-0.39, 0.29) is 49.0 Å². The van der Waals surface area contributed by atoms with Crippen molar-refractivity contribution in [3.63, 3.8) is 0 Å². The van der Waals surface area contributed by atoms with Gasteiger partial charge >= 0.3 is 11.9 Å². The van der Waals surface area contributed by atoms with E-state index in [1.807, 2.05) is 23.7 Å². The first-order valence-electron chi connectivity index (χ1n) is 15.3. The normalized spacial score (nSPS) is 22.2. The minimum absolute atomic E-state index is 0.0667. The summed E-state index contributed by atoms with van der Waals surface area (Å²) in [5.41, 5.74) is 9.29. The van der Waals surface area contributed by atoms with Gasteiger partial charge in [-0.25, -0.2) is 25.0 Å². The number of quaternary nitrogens is 1. The lowest BCUT2D eigenvalue weighted by Crippen LogP contribution is -2.97. The molecule has 0 radical (unpaired) electrons. The second-order valence-corrected chi connectivity index (χ2v) is 12.0. The summed E-state index contributed by atoms with van der Waals surface area (Å²) < 4.78 is 18.3. The molecule has 0 saturated heterocycles. The lowest BCUT2D eigenvalue weighted by Gasteiger charge is -2.31. The van der Waals surface area contributed by atoms with Gasteiger partial charge in [-0.3, -0.25) is 4.79 Å². The van der Waals surface area contributed by atoms with Gasteiger partial charge in [0, 0.05) is 16.5 Å². The Kier molecular flexibility index (Phi) is 7.26. The van der Waals surface area contributed by atoms with E-state index in [0.717, 1.165) is 65.5 Å². The summed E-state index contributed by atoms with van der Waals surface area (Å²) in [6.07, 6.45) is 4.20. The maximum Gasteiger partial charge on any atom is 0.343 e. The van der Waals surface area contributed by atoms with E-state index in [4.69, 9.17) is 19.2 Å². The summed E-state index contributed by atoms with van der Waals surface area (Å²) in [6.45, 7) is 1.84. The standard InChI is InChI=1S/C32H35N5O8/c1-3-32(42)22-12-25-28-20(13-36(25)30(40)21(22)15-45-31(32)41)19(18-11-17(43-2)9-10-23(18)33-28)14-37-24-7-5-4-6-8-26(29(24)34-35-37)44-16-27(38)39/h9-12,26,34-35,42H,3-8,13-16H2,1-2H3,(H,38,39)/p+1/t26?,32-/m0/s1. The first-order chi connectivity index (χ1) is 21.7. The molecule has 13 nitrogen and oxygen atoms in total. The van der Waals surface area contributed by atoms with Crippen molar-refractivity contribution in [3.05, 3.63) is 68.3 Å². The van der Waals surface area contributed by atoms with Crippen LogP contribution in [-0.4, -0.2) is 56.5 Å². The van der Waals surface area contributed by atoms with Gasteiger partial charge in [-0.15, -0.1) is 5.53 Å². The number of benzene rings is 1. The third-order valence-corrected chi connectivity index (χ3v) is 9.48. The highest BCUT2D eigenvalue weighted by atomic mass is 16.6. The first kappa shape index (κ1) is 29.3. The van der Waals surface area contributed by atoms with Crippen molar-refractivity contribution in [2.75, 3.05) is 13.7 Å². The lowest BCUT2D eigenvalue weighted by atomic mass is 9.86. The number of nitrogens with zero attached hydrogens (tertiary/aromatic N) is 3. The van der Waals surface area contributed by atoms with Crippen LogP contribution < -0.4 is 21.3 Å². The Bertz CT molecular complexity index is 1830. The number of pyridine rings is 2. The lowest BCUT2D eigenvalue weighted by molar-refractivity contribution is -0.828. The molecule has 3 aliphatic heterocycles. The Hall–Kier alpha value is -4.46. The number of rotatable bonds is 7. The van der Waals surface area contributed by atoms with Crippen LogP contribution in [0.1, 0.15) is 67.7 Å². The van der Waals surface area contributed by atoms with Crippen molar-refractivity contribution in [2.45, 2.75) is 76.9 Å². The van der Waals surface area contributed by atoms with Crippen molar-refractivity contribution >= 4 is 22.8 Å². The number of hydrogen-bond acceptors (Lipinski definition) is 10. The van der Waals surface area contributed by atoms with Crippen molar-refractivity contribution in [2.24, 2.45) is 0 Å². The molecule has 236 valence electrons. The summed E-state index contributed by atoms with van der Waals surface area (Å²) in [6, 6.07) is 7.41. The number of carbonyl (C=O) groups excluding carboxylic acids is 1. The molecule has 3 aromatic rings. The van der Waals surface area contributed by atoms with Crippen LogP contribution in [0.3, 0.4) is 0 Å². The van der Waals surface area contributed by atoms with Gasteiger partial charge in [-0.2, -0.15) is 0 Å². The molecule has 5 N–H and O–H groups in total. The van der Waals surface area contributed by atoms with Gasteiger partial charge < -0.3 is 29.0 Å². The maximum absolute atomic E-state index is 13.9. The fourth-order valence-corrected chi connectivity index (χ4v) is 7.06. The van der Waals surface area contributed by atoms with Gasteiger partial charge in [-0.05, 0) is 55.5 Å². The number of carboxylic acids is 1. The Morgan fingerprint density at radius 2 is 2.07 bits per heavy atom. The predicted molar refractivity (Wildman–Crippen MR) is 159 cm³/mol. The summed E-state index contributed by atoms with van der Waals surface area (Å²) >= 11 is 0. The maximum atomic E-state index is 13.9. The Balaban J connectivity index is 1.36. The molecule has 13 heteroatoms. The third-order valence-electron chi connectivity index (χ3n) is 9.48. The predicted octanol–water partition coefficient (Wildman–Crippen LogP) is 1.53. The molecule has 0 fully saturated rings. The SMILES string of the molecule is CC[C@@]1(O)C(=O)OCc2c1cc1n(c2=O)Cc2c-1nc1ccc(OC)cc1c2CN1[NH2+]NC2=C1CCCCCC2OCC(=O)O. The van der Waals surface area contributed by atoms with Gasteiger partial charge in [0.25, 0.3) is 5.56 Å². The number of nitrogens with two attached hydrogens (primary N) is 1. The number of fused-ring (bicyclic) bond motifs is 5. The molecule has 0 spiro atoms. The van der Waals surface area contributed by atoms with Crippen LogP contribution in [0.4, 0.5) is 0 Å². The average Bonchev–Trinajstić information content (AvgIpc) is 3.59. The number of aliphatic carboxylic acids is 1. The summed E-state index contributed by atoms with van der Waals surface area (Å²) in [5.74, 6) is -1.09. The van der Waals surface area contributed by atoms with Crippen LogP contribution in [0.5, 0.6) is 5.75 Å². The number of nitrogens with one attached hydrogen (secondary N) is 1. The van der Waals surface area contributed by atoms with Crippen LogP contribution in [-0.2, 0) is 44.4 Å². The quantitative estimate of drug-likeness (QED) is 0.175. The van der Waals surface area contributed by atoms with E-state index >= 15 is 0 Å². The molecule has 1 unspecified atom stereocenters. The molecule has 0 bridgehead atoms. The number of hydrogen-bond donors (Lipinski definition) is 4. The molecule has 2 aromatic heterocycles. The number of esters is 1. The fraction of sp³-hybridized carbons (Fsp3) is 0.438. The van der Waals surface area contributed by atoms with Gasteiger partial charge in [0.2, 0.25) is 0 Å². The highest BCUT2D eigenvalue weighted by molar-refractivity contribution is 5.90. The second kappa shape index (κ2) is 11.2. The van der Waals surface area contributed by atoms with Gasteiger partial charge in [0.1, 0.15) is 30.8 Å². The zero-order chi connectivity index (χ0) is 31.5. The number of ether oxygens (including phenoxy) is 3. The van der Waals surface area contributed by atoms with E-state index < -0.39 is 17.5 Å². The van der Waals surface area contributed by atoms with Crippen LogP contribution >= 0.6 is 0 Å². The fourth-order valence-electron chi connectivity index (χ4n) is 7.06. The minimum atomic E-state index is -1.91. The second-order valence-electron chi connectivity index (χ2n) is 12.0.